The standard InChI is InChI=1S/C24H28O5/c1-14-3-19-18(6-21(25)29-20(19)4-15(14)2)12-28-22(26)11-23-7-16-5-17(8-23)10-24(27,9-16)13-23/h3-4,6,16-17,27H,5,7-13H2,1-2H3/t16-,17+,23?,24?. The predicted octanol–water partition coefficient (Wildman–Crippen LogP) is 4.17. The molecule has 1 N–H and O–H groups in total. The average molecular weight is 396 g/mol. The summed E-state index contributed by atoms with van der Waals surface area (Å²) in [7, 11) is 0. The fourth-order valence-electron chi connectivity index (χ4n) is 6.73. The Bertz CT molecular complexity index is 1040. The SMILES string of the molecule is Cc1cc2oc(=O)cc(COC(=O)CC34C[C@@H]5C[C@@H](CC(O)(C5)C3)C4)c2cc1C. The smallest absolute Gasteiger partial charge is 0.336 e. The summed E-state index contributed by atoms with van der Waals surface area (Å²) in [6.07, 6.45) is 6.12. The first-order chi connectivity index (χ1) is 13.7. The van der Waals surface area contributed by atoms with Crippen LogP contribution in [0.25, 0.3) is 11.0 Å². The van der Waals surface area contributed by atoms with Crippen LogP contribution in [0.5, 0.6) is 0 Å². The minimum absolute atomic E-state index is 0.0661. The lowest BCUT2D eigenvalue weighted by atomic mass is 9.47. The van der Waals surface area contributed by atoms with E-state index in [4.69, 9.17) is 9.15 Å². The van der Waals surface area contributed by atoms with Crippen LogP contribution in [0, 0.1) is 31.1 Å². The van der Waals surface area contributed by atoms with Gasteiger partial charge < -0.3 is 14.3 Å². The van der Waals surface area contributed by atoms with Crippen molar-refractivity contribution >= 4 is 16.9 Å². The molecule has 0 spiro atoms. The molecule has 1 heterocycles. The molecule has 4 aliphatic rings. The second kappa shape index (κ2) is 6.43. The molecule has 1 aromatic carbocycles. The van der Waals surface area contributed by atoms with Crippen LogP contribution in [-0.4, -0.2) is 16.7 Å². The molecule has 1 aromatic heterocycles. The lowest BCUT2D eigenvalue weighted by molar-refractivity contribution is -0.177. The maximum atomic E-state index is 12.7. The molecular weight excluding hydrogens is 368 g/mol. The van der Waals surface area contributed by atoms with E-state index >= 15 is 0 Å². The van der Waals surface area contributed by atoms with Crippen molar-refractivity contribution in [3.63, 3.8) is 0 Å². The minimum Gasteiger partial charge on any atom is -0.461 e. The van der Waals surface area contributed by atoms with Gasteiger partial charge in [-0.2, -0.15) is 0 Å². The summed E-state index contributed by atoms with van der Waals surface area (Å²) >= 11 is 0. The first-order valence-electron chi connectivity index (χ1n) is 10.6. The maximum absolute atomic E-state index is 12.7. The van der Waals surface area contributed by atoms with Crippen LogP contribution in [-0.2, 0) is 16.1 Å². The van der Waals surface area contributed by atoms with Gasteiger partial charge in [-0.25, -0.2) is 4.79 Å². The predicted molar refractivity (Wildman–Crippen MR) is 108 cm³/mol. The monoisotopic (exact) mass is 396 g/mol. The van der Waals surface area contributed by atoms with Gasteiger partial charge in [-0.1, -0.05) is 0 Å². The van der Waals surface area contributed by atoms with E-state index in [0.717, 1.165) is 48.6 Å². The van der Waals surface area contributed by atoms with E-state index < -0.39 is 11.2 Å². The van der Waals surface area contributed by atoms with Crippen LogP contribution < -0.4 is 5.63 Å². The Balaban J connectivity index is 1.33. The van der Waals surface area contributed by atoms with Crippen molar-refractivity contribution in [1.29, 1.82) is 0 Å². The summed E-state index contributed by atoms with van der Waals surface area (Å²) in [5.41, 5.74) is 2.23. The second-order valence-electron chi connectivity index (χ2n) is 10.0. The van der Waals surface area contributed by atoms with Gasteiger partial charge in [0.05, 0.1) is 12.0 Å². The highest BCUT2D eigenvalue weighted by Crippen LogP contribution is 2.62. The molecule has 4 saturated carbocycles. The third-order valence-corrected chi connectivity index (χ3v) is 7.50. The Kier molecular flexibility index (Phi) is 4.18. The average Bonchev–Trinajstić information content (AvgIpc) is 2.58. The van der Waals surface area contributed by atoms with Crippen LogP contribution >= 0.6 is 0 Å². The van der Waals surface area contributed by atoms with Gasteiger partial charge in [-0.15, -0.1) is 0 Å². The zero-order chi connectivity index (χ0) is 20.4. The number of carbonyl (C=O) groups excluding carboxylic acids is 1. The van der Waals surface area contributed by atoms with E-state index in [9.17, 15) is 14.7 Å². The minimum atomic E-state index is -0.575. The van der Waals surface area contributed by atoms with Gasteiger partial charge in [0.25, 0.3) is 0 Å². The van der Waals surface area contributed by atoms with Gasteiger partial charge in [0, 0.05) is 17.0 Å². The zero-order valence-corrected chi connectivity index (χ0v) is 17.1. The third kappa shape index (κ3) is 3.39. The molecule has 4 bridgehead atoms. The molecule has 5 heteroatoms. The molecule has 0 aliphatic heterocycles. The number of hydrogen-bond donors (Lipinski definition) is 1. The molecule has 2 aromatic rings. The number of hydrogen-bond acceptors (Lipinski definition) is 5. The summed E-state index contributed by atoms with van der Waals surface area (Å²) < 4.78 is 11.0. The van der Waals surface area contributed by atoms with E-state index in [-0.39, 0.29) is 18.0 Å². The van der Waals surface area contributed by atoms with Crippen molar-refractivity contribution in [1.82, 2.24) is 0 Å². The number of aliphatic hydroxyl groups is 1. The molecule has 4 fully saturated rings. The molecular formula is C24H28O5. The fraction of sp³-hybridized carbons (Fsp3) is 0.583. The molecule has 0 saturated heterocycles. The van der Waals surface area contributed by atoms with Crippen molar-refractivity contribution in [3.8, 4) is 0 Å². The van der Waals surface area contributed by atoms with E-state index in [2.05, 4.69) is 0 Å². The fourth-order valence-corrected chi connectivity index (χ4v) is 6.73. The van der Waals surface area contributed by atoms with Crippen molar-refractivity contribution < 1.29 is 19.1 Å². The summed E-state index contributed by atoms with van der Waals surface area (Å²) in [6, 6.07) is 5.25. The lowest BCUT2D eigenvalue weighted by Crippen LogP contribution is -2.56. The highest BCUT2D eigenvalue weighted by molar-refractivity contribution is 5.82. The molecule has 0 amide bonds. The number of aryl methyl sites for hydroxylation is 2. The van der Waals surface area contributed by atoms with Crippen molar-refractivity contribution in [2.45, 2.75) is 71.0 Å². The summed E-state index contributed by atoms with van der Waals surface area (Å²) in [5, 5.41) is 11.7. The first kappa shape index (κ1) is 18.9. The third-order valence-electron chi connectivity index (χ3n) is 7.50. The second-order valence-corrected chi connectivity index (χ2v) is 10.0. The lowest BCUT2D eigenvalue weighted by Gasteiger charge is -2.60. The summed E-state index contributed by atoms with van der Waals surface area (Å²) in [6.45, 7) is 4.05. The molecule has 6 rings (SSSR count). The molecule has 154 valence electrons. The van der Waals surface area contributed by atoms with Crippen molar-refractivity contribution in [3.05, 3.63) is 45.3 Å². The number of carbonyl (C=O) groups is 1. The normalized spacial score (nSPS) is 32.7. The van der Waals surface area contributed by atoms with Crippen LogP contribution in [0.15, 0.2) is 27.4 Å². The number of rotatable bonds is 4. The van der Waals surface area contributed by atoms with E-state index in [1.54, 1.807) is 0 Å². The molecule has 2 unspecified atom stereocenters. The van der Waals surface area contributed by atoms with Crippen molar-refractivity contribution in [2.24, 2.45) is 17.3 Å². The number of benzene rings is 1. The van der Waals surface area contributed by atoms with Gasteiger partial charge in [0.15, 0.2) is 0 Å². The largest absolute Gasteiger partial charge is 0.461 e. The van der Waals surface area contributed by atoms with Crippen LogP contribution in [0.3, 0.4) is 0 Å². The summed E-state index contributed by atoms with van der Waals surface area (Å²) in [5.74, 6) is 0.853. The quantitative estimate of drug-likeness (QED) is 0.620. The number of ether oxygens (including phenoxy) is 1. The van der Waals surface area contributed by atoms with Crippen LogP contribution in [0.1, 0.15) is 61.6 Å². The van der Waals surface area contributed by atoms with Gasteiger partial charge >= 0.3 is 11.6 Å². The Morgan fingerprint density at radius 3 is 2.52 bits per heavy atom. The molecule has 5 nitrogen and oxygen atoms in total. The Labute approximate surface area is 170 Å². The van der Waals surface area contributed by atoms with E-state index in [0.29, 0.717) is 29.4 Å². The highest BCUT2D eigenvalue weighted by atomic mass is 16.5. The number of esters is 1. The number of fused-ring (bicyclic) bond motifs is 1. The molecule has 29 heavy (non-hydrogen) atoms. The molecule has 4 aliphatic carbocycles. The van der Waals surface area contributed by atoms with Gasteiger partial charge in [0.1, 0.15) is 12.2 Å². The molecule has 4 atom stereocenters. The Hall–Kier alpha value is -2.14. The van der Waals surface area contributed by atoms with E-state index in [1.165, 1.54) is 12.5 Å². The Morgan fingerprint density at radius 2 is 1.83 bits per heavy atom. The van der Waals surface area contributed by atoms with Crippen molar-refractivity contribution in [2.75, 3.05) is 0 Å². The van der Waals surface area contributed by atoms with E-state index in [1.807, 2.05) is 26.0 Å². The Morgan fingerprint density at radius 1 is 1.14 bits per heavy atom. The summed E-state index contributed by atoms with van der Waals surface area (Å²) in [4.78, 5) is 24.7. The van der Waals surface area contributed by atoms with Crippen LogP contribution in [0.4, 0.5) is 0 Å². The topological polar surface area (TPSA) is 76.7 Å². The van der Waals surface area contributed by atoms with Gasteiger partial charge in [-0.05, 0) is 92.9 Å². The van der Waals surface area contributed by atoms with Gasteiger partial charge in [-0.3, -0.25) is 4.79 Å². The van der Waals surface area contributed by atoms with Gasteiger partial charge in [0.2, 0.25) is 0 Å². The first-order valence-corrected chi connectivity index (χ1v) is 10.6. The van der Waals surface area contributed by atoms with Crippen LogP contribution in [0.2, 0.25) is 0 Å². The zero-order valence-electron chi connectivity index (χ0n) is 17.1. The highest BCUT2D eigenvalue weighted by Gasteiger charge is 2.57. The maximum Gasteiger partial charge on any atom is 0.336 e. The molecule has 0 radical (unpaired) electrons.